The summed E-state index contributed by atoms with van der Waals surface area (Å²) in [4.78, 5) is 9.55. The Morgan fingerprint density at radius 3 is 1.81 bits per heavy atom. The van der Waals surface area contributed by atoms with E-state index in [1.54, 1.807) is 6.07 Å². The number of hydrogen-bond donors (Lipinski definition) is 5. The molecule has 0 unspecified atom stereocenters. The van der Waals surface area contributed by atoms with Crippen LogP contribution in [0.5, 0.6) is 0 Å². The number of aliphatic hydroxyl groups excluding tert-OH is 2. The lowest BCUT2D eigenvalue weighted by Crippen LogP contribution is -2.04. The number of carboxylic acids is 1. The highest BCUT2D eigenvalue weighted by atomic mass is 32.2. The van der Waals surface area contributed by atoms with E-state index in [2.05, 4.69) is 25.3 Å². The molecule has 0 aliphatic carbocycles. The molecule has 1 rings (SSSR count). The van der Waals surface area contributed by atoms with Crippen molar-refractivity contribution in [3.8, 4) is 0 Å². The summed E-state index contributed by atoms with van der Waals surface area (Å²) in [6.07, 6.45) is 0. The summed E-state index contributed by atoms with van der Waals surface area (Å²) in [6, 6.07) is 7.23. The number of hydrogen-bond acceptors (Lipinski definition) is 5. The van der Waals surface area contributed by atoms with Crippen LogP contribution in [0.2, 0.25) is 0 Å². The first-order valence-electron chi connectivity index (χ1n) is 4.39. The van der Waals surface area contributed by atoms with Crippen molar-refractivity contribution in [1.82, 2.24) is 0 Å². The molecule has 0 amide bonds. The van der Waals surface area contributed by atoms with Gasteiger partial charge in [0, 0.05) is 0 Å². The lowest BCUT2D eigenvalue weighted by Gasteiger charge is -1.97. The molecule has 0 saturated carbocycles. The lowest BCUT2D eigenvalue weighted by molar-refractivity contribution is -0.134. The van der Waals surface area contributed by atoms with Gasteiger partial charge < -0.3 is 15.3 Å². The van der Waals surface area contributed by atoms with Crippen LogP contribution < -0.4 is 0 Å². The first kappa shape index (κ1) is 15.3. The Kier molecular flexibility index (Phi) is 8.10. The topological polar surface area (TPSA) is 77.8 Å². The van der Waals surface area contributed by atoms with Crippen molar-refractivity contribution < 1.29 is 20.1 Å². The maximum Gasteiger partial charge on any atom is 0.326 e. The standard InChI is InChI=1S/C8H10O2.C2H4O2S2/c9-5-7-2-1-3-8(4-7)6-10;3-1(4)2(5)6/h1-4,9-10H,5-6H2;2,5-6H,(H,3,4). The molecule has 3 N–H and O–H groups in total. The fourth-order valence-electron chi connectivity index (χ4n) is 0.826. The number of aliphatic carboxylic acids is 1. The Hall–Kier alpha value is -0.690. The molecule has 4 nitrogen and oxygen atoms in total. The Labute approximate surface area is 105 Å². The molecule has 0 spiro atoms. The second-order valence-corrected chi connectivity index (χ2v) is 4.29. The highest BCUT2D eigenvalue weighted by molar-refractivity contribution is 8.00. The van der Waals surface area contributed by atoms with E-state index in [4.69, 9.17) is 15.3 Å². The molecule has 0 saturated heterocycles. The summed E-state index contributed by atoms with van der Waals surface area (Å²) in [7, 11) is 0. The maximum atomic E-state index is 9.55. The van der Waals surface area contributed by atoms with Gasteiger partial charge in [-0.25, -0.2) is 0 Å². The van der Waals surface area contributed by atoms with E-state index in [0.717, 1.165) is 11.1 Å². The highest BCUT2D eigenvalue weighted by Gasteiger charge is 2.01. The Morgan fingerprint density at radius 2 is 1.56 bits per heavy atom. The van der Waals surface area contributed by atoms with Crippen molar-refractivity contribution in [2.75, 3.05) is 0 Å². The van der Waals surface area contributed by atoms with Gasteiger partial charge in [0.05, 0.1) is 13.2 Å². The monoisotopic (exact) mass is 262 g/mol. The third-order valence-electron chi connectivity index (χ3n) is 1.58. The summed E-state index contributed by atoms with van der Waals surface area (Å²) >= 11 is 6.92. The molecule has 90 valence electrons. The number of benzene rings is 1. The largest absolute Gasteiger partial charge is 0.480 e. The second-order valence-electron chi connectivity index (χ2n) is 2.85. The van der Waals surface area contributed by atoms with Gasteiger partial charge in [0.2, 0.25) is 0 Å². The van der Waals surface area contributed by atoms with Crippen molar-refractivity contribution in [2.24, 2.45) is 0 Å². The van der Waals surface area contributed by atoms with Crippen LogP contribution in [0.1, 0.15) is 11.1 Å². The molecular weight excluding hydrogens is 248 g/mol. The normalized spacial score (nSPS) is 9.56. The second kappa shape index (κ2) is 8.46. The molecule has 6 heteroatoms. The summed E-state index contributed by atoms with van der Waals surface area (Å²) in [6.45, 7) is 0.0711. The fraction of sp³-hybridized carbons (Fsp3) is 0.300. The van der Waals surface area contributed by atoms with Crippen LogP contribution in [0.4, 0.5) is 0 Å². The van der Waals surface area contributed by atoms with Crippen molar-refractivity contribution >= 4 is 31.2 Å². The van der Waals surface area contributed by atoms with E-state index in [9.17, 15) is 4.79 Å². The molecule has 0 aliphatic rings. The van der Waals surface area contributed by atoms with Crippen LogP contribution in [0.15, 0.2) is 24.3 Å². The highest BCUT2D eigenvalue weighted by Crippen LogP contribution is 2.04. The van der Waals surface area contributed by atoms with E-state index in [1.165, 1.54) is 0 Å². The summed E-state index contributed by atoms with van der Waals surface area (Å²) in [5.41, 5.74) is 1.68. The number of rotatable bonds is 3. The number of aliphatic hydroxyl groups is 2. The van der Waals surface area contributed by atoms with E-state index in [-0.39, 0.29) is 13.2 Å². The maximum absolute atomic E-state index is 9.55. The van der Waals surface area contributed by atoms with Gasteiger partial charge in [0.1, 0.15) is 4.58 Å². The molecule has 0 heterocycles. The minimum Gasteiger partial charge on any atom is -0.480 e. The Bertz CT molecular complexity index is 309. The average molecular weight is 262 g/mol. The van der Waals surface area contributed by atoms with Crippen molar-refractivity contribution in [3.05, 3.63) is 35.4 Å². The molecule has 0 aliphatic heterocycles. The van der Waals surface area contributed by atoms with Crippen molar-refractivity contribution in [3.63, 3.8) is 0 Å². The third-order valence-corrected chi connectivity index (χ3v) is 2.02. The van der Waals surface area contributed by atoms with Crippen LogP contribution >= 0.6 is 25.3 Å². The predicted molar refractivity (Wildman–Crippen MR) is 67.7 cm³/mol. The molecule has 16 heavy (non-hydrogen) atoms. The van der Waals surface area contributed by atoms with Crippen LogP contribution in [0, 0.1) is 0 Å². The number of carboxylic acid groups (broad SMARTS) is 1. The van der Waals surface area contributed by atoms with Crippen LogP contribution in [-0.4, -0.2) is 25.9 Å². The van der Waals surface area contributed by atoms with Gasteiger partial charge in [-0.2, -0.15) is 25.3 Å². The Morgan fingerprint density at radius 1 is 1.19 bits per heavy atom. The van der Waals surface area contributed by atoms with E-state index in [1.807, 2.05) is 18.2 Å². The zero-order valence-corrected chi connectivity index (χ0v) is 10.2. The molecule has 1 aromatic carbocycles. The smallest absolute Gasteiger partial charge is 0.326 e. The minimum atomic E-state index is -1.01. The quantitative estimate of drug-likeness (QED) is 0.415. The molecule has 0 fully saturated rings. The van der Waals surface area contributed by atoms with Gasteiger partial charge in [-0.1, -0.05) is 24.3 Å². The number of thiol groups is 2. The first-order valence-corrected chi connectivity index (χ1v) is 5.43. The molecule has 0 bridgehead atoms. The van der Waals surface area contributed by atoms with Crippen LogP contribution in [0.3, 0.4) is 0 Å². The van der Waals surface area contributed by atoms with E-state index < -0.39 is 10.6 Å². The zero-order valence-electron chi connectivity index (χ0n) is 8.45. The fourth-order valence-corrected chi connectivity index (χ4v) is 0.826. The minimum absolute atomic E-state index is 0.0356. The van der Waals surface area contributed by atoms with Gasteiger partial charge in [0.25, 0.3) is 0 Å². The third kappa shape index (κ3) is 6.73. The van der Waals surface area contributed by atoms with Gasteiger partial charge in [-0.05, 0) is 11.1 Å². The average Bonchev–Trinajstić information content (AvgIpc) is 2.29. The lowest BCUT2D eigenvalue weighted by atomic mass is 10.1. The summed E-state index contributed by atoms with van der Waals surface area (Å²) in [5, 5.41) is 25.2. The first-order chi connectivity index (χ1) is 7.51. The molecule has 1 aromatic rings. The van der Waals surface area contributed by atoms with E-state index >= 15 is 0 Å². The van der Waals surface area contributed by atoms with Gasteiger partial charge in [0.15, 0.2) is 0 Å². The number of carbonyl (C=O) groups is 1. The Balaban J connectivity index is 0.000000325. The predicted octanol–water partition coefficient (Wildman–Crippen LogP) is 0.928. The van der Waals surface area contributed by atoms with E-state index in [0.29, 0.717) is 0 Å². The van der Waals surface area contributed by atoms with Gasteiger partial charge in [-0.3, -0.25) is 4.79 Å². The molecule has 0 aromatic heterocycles. The summed E-state index contributed by atoms with van der Waals surface area (Å²) in [5.74, 6) is -1.01. The van der Waals surface area contributed by atoms with Crippen molar-refractivity contribution in [2.45, 2.75) is 17.8 Å². The van der Waals surface area contributed by atoms with Crippen molar-refractivity contribution in [1.29, 1.82) is 0 Å². The molecular formula is C10H14O4S2. The molecule has 0 atom stereocenters. The zero-order chi connectivity index (χ0) is 12.6. The summed E-state index contributed by atoms with van der Waals surface area (Å²) < 4.78 is -0.843. The SMILES string of the molecule is O=C(O)C(S)S.OCc1cccc(CO)c1. The molecule has 0 radical (unpaired) electrons. The van der Waals surface area contributed by atoms with Crippen LogP contribution in [0.25, 0.3) is 0 Å². The van der Waals surface area contributed by atoms with Gasteiger partial charge >= 0.3 is 5.97 Å². The van der Waals surface area contributed by atoms with Crippen LogP contribution in [-0.2, 0) is 18.0 Å². The van der Waals surface area contributed by atoms with Gasteiger partial charge in [-0.15, -0.1) is 0 Å².